The standard InChI is InChI=1S/C57H109N2O6P/c1-6-8-10-12-14-16-18-20-21-22-23-24-25-26-27-28-29-30-31-32-33-34-35-36-37-39-41-43-45-47-49-51-57(61)58-55(54-65-66(62,63)64-53-52-59(3,4)5)56(60)50-48-46-44-42-40-38-19-17-15-13-11-9-7-2/h23-24,26-27,40,42,48,50,55-56,60H,6-22,25,28-39,41,43-47,49,51-54H2,1-5H3,(H-,58,61,62,63)/p+1/b24-23-,27-26-,42-40+,50-48+. The molecule has 3 N–H and O–H groups in total. The molecule has 388 valence electrons. The Kier molecular flexibility index (Phi) is 47.4. The van der Waals surface area contributed by atoms with Crippen molar-refractivity contribution in [2.45, 2.75) is 270 Å². The molecular formula is C57H110N2O6P+. The zero-order chi connectivity index (χ0) is 48.5. The molecule has 0 aromatic carbocycles. The van der Waals surface area contributed by atoms with Crippen LogP contribution in [0.5, 0.6) is 0 Å². The number of quaternary nitrogens is 1. The van der Waals surface area contributed by atoms with Crippen LogP contribution in [-0.4, -0.2) is 73.4 Å². The molecule has 0 aliphatic carbocycles. The number of unbranched alkanes of at least 4 members (excludes halogenated alkanes) is 32. The smallest absolute Gasteiger partial charge is 0.387 e. The fourth-order valence-corrected chi connectivity index (χ4v) is 8.82. The molecule has 9 heteroatoms. The van der Waals surface area contributed by atoms with Crippen molar-refractivity contribution in [1.82, 2.24) is 5.32 Å². The number of hydrogen-bond acceptors (Lipinski definition) is 5. The molecule has 0 spiro atoms. The van der Waals surface area contributed by atoms with Gasteiger partial charge >= 0.3 is 7.82 Å². The van der Waals surface area contributed by atoms with Gasteiger partial charge in [0.05, 0.1) is 39.9 Å². The number of hydrogen-bond donors (Lipinski definition) is 3. The lowest BCUT2D eigenvalue weighted by molar-refractivity contribution is -0.870. The van der Waals surface area contributed by atoms with Crippen LogP contribution in [0.1, 0.15) is 258 Å². The molecule has 0 radical (unpaired) electrons. The maximum atomic E-state index is 12.9. The number of rotatable bonds is 51. The minimum Gasteiger partial charge on any atom is -0.387 e. The highest BCUT2D eigenvalue weighted by Gasteiger charge is 2.27. The van der Waals surface area contributed by atoms with Gasteiger partial charge in [0, 0.05) is 6.42 Å². The van der Waals surface area contributed by atoms with E-state index in [0.717, 1.165) is 44.9 Å². The molecule has 0 aliphatic rings. The van der Waals surface area contributed by atoms with Crippen LogP contribution >= 0.6 is 7.82 Å². The molecule has 0 aliphatic heterocycles. The van der Waals surface area contributed by atoms with Crippen molar-refractivity contribution in [3.8, 4) is 0 Å². The molecular weight excluding hydrogens is 840 g/mol. The Bertz CT molecular complexity index is 1210. The molecule has 0 bridgehead atoms. The summed E-state index contributed by atoms with van der Waals surface area (Å²) in [6.45, 7) is 4.79. The molecule has 0 rings (SSSR count). The van der Waals surface area contributed by atoms with Gasteiger partial charge in [0.15, 0.2) is 0 Å². The third kappa shape index (κ3) is 50.3. The Hall–Kier alpha value is -1.54. The van der Waals surface area contributed by atoms with Crippen molar-refractivity contribution in [2.75, 3.05) is 40.9 Å². The van der Waals surface area contributed by atoms with Crippen molar-refractivity contribution in [1.29, 1.82) is 0 Å². The number of allylic oxidation sites excluding steroid dienone is 7. The first-order valence-electron chi connectivity index (χ1n) is 28.0. The van der Waals surface area contributed by atoms with E-state index in [0.29, 0.717) is 17.4 Å². The van der Waals surface area contributed by atoms with Crippen LogP contribution in [0.3, 0.4) is 0 Å². The van der Waals surface area contributed by atoms with E-state index in [4.69, 9.17) is 9.05 Å². The van der Waals surface area contributed by atoms with Gasteiger partial charge in [-0.15, -0.1) is 0 Å². The summed E-state index contributed by atoms with van der Waals surface area (Å²) < 4.78 is 23.6. The van der Waals surface area contributed by atoms with Crippen LogP contribution in [0.2, 0.25) is 0 Å². The predicted molar refractivity (Wildman–Crippen MR) is 286 cm³/mol. The van der Waals surface area contributed by atoms with E-state index < -0.39 is 20.0 Å². The number of aliphatic hydroxyl groups excluding tert-OH is 1. The van der Waals surface area contributed by atoms with Crippen LogP contribution in [0.4, 0.5) is 0 Å². The van der Waals surface area contributed by atoms with E-state index in [9.17, 15) is 19.4 Å². The van der Waals surface area contributed by atoms with Crippen LogP contribution in [-0.2, 0) is 18.4 Å². The number of carbonyl (C=O) groups excluding carboxylic acids is 1. The van der Waals surface area contributed by atoms with Gasteiger partial charge in [-0.2, -0.15) is 0 Å². The summed E-state index contributed by atoms with van der Waals surface area (Å²) in [5.41, 5.74) is 0. The van der Waals surface area contributed by atoms with Crippen molar-refractivity contribution in [3.63, 3.8) is 0 Å². The highest BCUT2D eigenvalue weighted by atomic mass is 31.2. The predicted octanol–water partition coefficient (Wildman–Crippen LogP) is 16.8. The lowest BCUT2D eigenvalue weighted by atomic mass is 10.0. The van der Waals surface area contributed by atoms with Crippen molar-refractivity contribution >= 4 is 13.7 Å². The maximum absolute atomic E-state index is 12.9. The second-order valence-electron chi connectivity index (χ2n) is 20.3. The first kappa shape index (κ1) is 64.5. The minimum absolute atomic E-state index is 0.0559. The molecule has 1 amide bonds. The van der Waals surface area contributed by atoms with Gasteiger partial charge in [-0.05, 0) is 64.2 Å². The van der Waals surface area contributed by atoms with E-state index >= 15 is 0 Å². The zero-order valence-electron chi connectivity index (χ0n) is 44.2. The lowest BCUT2D eigenvalue weighted by Crippen LogP contribution is -2.45. The Labute approximate surface area is 409 Å². The van der Waals surface area contributed by atoms with E-state index in [1.165, 1.54) is 193 Å². The number of nitrogens with zero attached hydrogens (tertiary/aromatic N) is 1. The molecule has 0 fully saturated rings. The van der Waals surface area contributed by atoms with Crippen LogP contribution < -0.4 is 5.32 Å². The quantitative estimate of drug-likeness (QED) is 0.0243. The van der Waals surface area contributed by atoms with Gasteiger partial charge in [-0.3, -0.25) is 13.8 Å². The summed E-state index contributed by atoms with van der Waals surface area (Å²) >= 11 is 0. The highest BCUT2D eigenvalue weighted by Crippen LogP contribution is 2.43. The third-order valence-corrected chi connectivity index (χ3v) is 13.5. The highest BCUT2D eigenvalue weighted by molar-refractivity contribution is 7.47. The number of aliphatic hydroxyl groups is 1. The van der Waals surface area contributed by atoms with E-state index in [1.807, 2.05) is 27.2 Å². The van der Waals surface area contributed by atoms with Crippen molar-refractivity contribution < 1.29 is 32.9 Å². The number of phosphoric ester groups is 1. The average Bonchev–Trinajstić information content (AvgIpc) is 3.28. The summed E-state index contributed by atoms with van der Waals surface area (Å²) in [4.78, 5) is 23.2. The minimum atomic E-state index is -4.35. The van der Waals surface area contributed by atoms with E-state index in [2.05, 4.69) is 55.6 Å². The van der Waals surface area contributed by atoms with Crippen molar-refractivity contribution in [2.24, 2.45) is 0 Å². The normalized spacial score (nSPS) is 14.3. The van der Waals surface area contributed by atoms with Gasteiger partial charge in [-0.25, -0.2) is 4.57 Å². The summed E-state index contributed by atoms with van der Waals surface area (Å²) in [6.07, 6.45) is 63.7. The molecule has 3 unspecified atom stereocenters. The molecule has 0 saturated heterocycles. The summed E-state index contributed by atoms with van der Waals surface area (Å²) in [5.74, 6) is -0.187. The first-order chi connectivity index (χ1) is 32.0. The third-order valence-electron chi connectivity index (χ3n) is 12.5. The maximum Gasteiger partial charge on any atom is 0.472 e. The molecule has 3 atom stereocenters. The van der Waals surface area contributed by atoms with E-state index in [1.54, 1.807) is 6.08 Å². The van der Waals surface area contributed by atoms with Gasteiger partial charge in [-0.1, -0.05) is 236 Å². The van der Waals surface area contributed by atoms with Crippen LogP contribution in [0.15, 0.2) is 48.6 Å². The number of amides is 1. The molecule has 0 heterocycles. The second-order valence-corrected chi connectivity index (χ2v) is 21.8. The van der Waals surface area contributed by atoms with E-state index in [-0.39, 0.29) is 19.1 Å². The first-order valence-corrected chi connectivity index (χ1v) is 29.5. The molecule has 8 nitrogen and oxygen atoms in total. The Morgan fingerprint density at radius 3 is 1.30 bits per heavy atom. The number of nitrogens with one attached hydrogen (secondary N) is 1. The van der Waals surface area contributed by atoms with Crippen LogP contribution in [0, 0.1) is 0 Å². The van der Waals surface area contributed by atoms with Gasteiger partial charge in [0.25, 0.3) is 0 Å². The lowest BCUT2D eigenvalue weighted by Gasteiger charge is -2.25. The Morgan fingerprint density at radius 2 is 0.879 bits per heavy atom. The second kappa shape index (κ2) is 48.5. The zero-order valence-corrected chi connectivity index (χ0v) is 45.1. The summed E-state index contributed by atoms with van der Waals surface area (Å²) in [6, 6.07) is -0.863. The van der Waals surface area contributed by atoms with Gasteiger partial charge in [0.1, 0.15) is 13.2 Å². The molecule has 0 aromatic heterocycles. The van der Waals surface area contributed by atoms with Crippen molar-refractivity contribution in [3.05, 3.63) is 48.6 Å². The van der Waals surface area contributed by atoms with Crippen LogP contribution in [0.25, 0.3) is 0 Å². The fourth-order valence-electron chi connectivity index (χ4n) is 8.09. The number of likely N-dealkylation sites (N-methyl/N-ethyl adjacent to an activating group) is 1. The summed E-state index contributed by atoms with van der Waals surface area (Å²) in [5, 5.41) is 13.9. The Balaban J connectivity index is 4.08. The largest absolute Gasteiger partial charge is 0.472 e. The topological polar surface area (TPSA) is 105 Å². The number of carbonyl (C=O) groups is 1. The molecule has 66 heavy (non-hydrogen) atoms. The van der Waals surface area contributed by atoms with Gasteiger partial charge in [0.2, 0.25) is 5.91 Å². The summed E-state index contributed by atoms with van der Waals surface area (Å²) in [7, 11) is 1.56. The average molecular weight is 950 g/mol. The monoisotopic (exact) mass is 950 g/mol. The molecule has 0 saturated carbocycles. The Morgan fingerprint density at radius 1 is 0.515 bits per heavy atom. The number of phosphoric acid groups is 1. The fraction of sp³-hybridized carbons (Fsp3) is 0.842. The SMILES string of the molecule is CCCCCCCCC/C=C/CC/C=C/C(O)C(COP(=O)(O)OCC[N+](C)(C)C)NC(=O)CCCCCCCCCCCCCCCCC/C=C\C/C=C\CCCCCCCCCCC. The molecule has 0 aromatic rings. The van der Waals surface area contributed by atoms with Gasteiger partial charge < -0.3 is 19.8 Å².